The topological polar surface area (TPSA) is 88.1 Å². The van der Waals surface area contributed by atoms with Gasteiger partial charge in [-0.3, -0.25) is 9.59 Å². The molecule has 0 saturated heterocycles. The molecule has 3 N–H and O–H groups in total. The molecule has 0 saturated carbocycles. The second-order valence-corrected chi connectivity index (χ2v) is 7.81. The number of amides is 2. The van der Waals surface area contributed by atoms with Crippen LogP contribution in [0.2, 0.25) is 0 Å². The summed E-state index contributed by atoms with van der Waals surface area (Å²) >= 11 is 0. The average molecular weight is 369 g/mol. The minimum atomic E-state index is -0.649. The van der Waals surface area contributed by atoms with E-state index in [9.17, 15) is 9.59 Å². The van der Waals surface area contributed by atoms with Gasteiger partial charge >= 0.3 is 0 Å². The van der Waals surface area contributed by atoms with E-state index in [4.69, 9.17) is 0 Å². The van der Waals surface area contributed by atoms with E-state index in [0.717, 1.165) is 30.2 Å². The highest BCUT2D eigenvalue weighted by Gasteiger charge is 2.34. The first-order chi connectivity index (χ1) is 12.8. The lowest BCUT2D eigenvalue weighted by molar-refractivity contribution is -0.124. The van der Waals surface area contributed by atoms with Gasteiger partial charge in [0.1, 0.15) is 11.9 Å². The van der Waals surface area contributed by atoms with E-state index in [-0.39, 0.29) is 11.8 Å². The maximum atomic E-state index is 13.0. The van der Waals surface area contributed by atoms with Gasteiger partial charge in [0, 0.05) is 32.2 Å². The van der Waals surface area contributed by atoms with E-state index < -0.39 is 11.5 Å². The molecule has 2 aromatic rings. The number of fused-ring (bicyclic) bond motifs is 1. The molecule has 0 aliphatic carbocycles. The third-order valence-electron chi connectivity index (χ3n) is 4.77. The lowest BCUT2D eigenvalue weighted by Gasteiger charge is -2.29. The van der Waals surface area contributed by atoms with Gasteiger partial charge in [0.25, 0.3) is 5.91 Å². The van der Waals surface area contributed by atoms with E-state index in [1.165, 1.54) is 0 Å². The molecule has 0 fully saturated rings. The van der Waals surface area contributed by atoms with E-state index >= 15 is 0 Å². The predicted octanol–water partition coefficient (Wildman–Crippen LogP) is 1.54. The van der Waals surface area contributed by atoms with Gasteiger partial charge in [-0.15, -0.1) is 0 Å². The van der Waals surface area contributed by atoms with E-state index in [1.807, 2.05) is 51.1 Å². The molecule has 3 rings (SSSR count). The summed E-state index contributed by atoms with van der Waals surface area (Å²) in [6.45, 7) is 7.92. The van der Waals surface area contributed by atoms with Crippen LogP contribution in [0.3, 0.4) is 0 Å². The first-order valence-electron chi connectivity index (χ1n) is 9.21. The molecular formula is C20H27N5O2. The third-order valence-corrected chi connectivity index (χ3v) is 4.77. The van der Waals surface area contributed by atoms with Crippen LogP contribution in [0.5, 0.6) is 0 Å². The van der Waals surface area contributed by atoms with Crippen LogP contribution in [0.4, 0.5) is 0 Å². The molecule has 144 valence electrons. The Morgan fingerprint density at radius 3 is 2.56 bits per heavy atom. The van der Waals surface area contributed by atoms with Crippen molar-refractivity contribution in [2.45, 2.75) is 39.9 Å². The number of carbonyl (C=O) groups is 2. The van der Waals surface area contributed by atoms with Crippen LogP contribution < -0.4 is 16.0 Å². The Morgan fingerprint density at radius 2 is 1.93 bits per heavy atom. The molecule has 0 spiro atoms. The van der Waals surface area contributed by atoms with E-state index in [2.05, 4.69) is 25.5 Å². The molecule has 1 aromatic carbocycles. The standard InChI is InChI=1S/C20H27N5O2/c1-20(2,3)16(19(27)21-4)24-18(26)15-14-12-22-10-11-25(14)17(23-15)13-8-6-5-7-9-13/h5-9,16,22H,10-12H2,1-4H3,(H,21,27)(H,24,26). The van der Waals surface area contributed by atoms with Crippen LogP contribution in [-0.4, -0.2) is 41.0 Å². The van der Waals surface area contributed by atoms with Gasteiger partial charge in [-0.2, -0.15) is 0 Å². The minimum Gasteiger partial charge on any atom is -0.357 e. The number of hydrogen-bond acceptors (Lipinski definition) is 4. The number of benzene rings is 1. The zero-order chi connectivity index (χ0) is 19.6. The molecule has 2 amide bonds. The number of rotatable bonds is 4. The molecule has 7 heteroatoms. The van der Waals surface area contributed by atoms with E-state index in [0.29, 0.717) is 12.2 Å². The van der Waals surface area contributed by atoms with Crippen molar-refractivity contribution >= 4 is 11.8 Å². The quantitative estimate of drug-likeness (QED) is 0.763. The van der Waals surface area contributed by atoms with Crippen molar-refractivity contribution in [3.05, 3.63) is 41.7 Å². The molecule has 1 unspecified atom stereocenters. The number of likely N-dealkylation sites (N-methyl/N-ethyl adjacent to an activating group) is 1. The highest BCUT2D eigenvalue weighted by atomic mass is 16.2. The van der Waals surface area contributed by atoms with Gasteiger partial charge in [0.05, 0.1) is 5.69 Å². The minimum absolute atomic E-state index is 0.217. The summed E-state index contributed by atoms with van der Waals surface area (Å²) < 4.78 is 2.09. The fourth-order valence-electron chi connectivity index (χ4n) is 3.31. The number of hydrogen-bond donors (Lipinski definition) is 3. The summed E-state index contributed by atoms with van der Waals surface area (Å²) in [7, 11) is 1.57. The maximum absolute atomic E-state index is 13.0. The molecule has 27 heavy (non-hydrogen) atoms. The normalized spacial score (nSPS) is 15.0. The zero-order valence-corrected chi connectivity index (χ0v) is 16.3. The largest absolute Gasteiger partial charge is 0.357 e. The van der Waals surface area contributed by atoms with Crippen molar-refractivity contribution in [1.29, 1.82) is 0 Å². The number of nitrogens with one attached hydrogen (secondary N) is 3. The molecule has 2 heterocycles. The summed E-state index contributed by atoms with van der Waals surface area (Å²) in [6.07, 6.45) is 0. The highest BCUT2D eigenvalue weighted by molar-refractivity contribution is 5.97. The van der Waals surface area contributed by atoms with Crippen molar-refractivity contribution in [2.24, 2.45) is 5.41 Å². The molecule has 0 bridgehead atoms. The maximum Gasteiger partial charge on any atom is 0.272 e. The average Bonchev–Trinajstić information content (AvgIpc) is 3.05. The first-order valence-corrected chi connectivity index (χ1v) is 9.21. The van der Waals surface area contributed by atoms with Gasteiger partial charge in [-0.25, -0.2) is 4.98 Å². The lowest BCUT2D eigenvalue weighted by Crippen LogP contribution is -2.53. The van der Waals surface area contributed by atoms with Gasteiger partial charge in [-0.05, 0) is 5.41 Å². The predicted molar refractivity (Wildman–Crippen MR) is 104 cm³/mol. The number of imidazole rings is 1. The first kappa shape index (κ1) is 19.1. The van der Waals surface area contributed by atoms with Gasteiger partial charge < -0.3 is 20.5 Å². The van der Waals surface area contributed by atoms with Gasteiger partial charge in [0.2, 0.25) is 5.91 Å². The van der Waals surface area contributed by atoms with Crippen LogP contribution in [0.25, 0.3) is 11.4 Å². The molecule has 1 aliphatic rings. The highest BCUT2D eigenvalue weighted by Crippen LogP contribution is 2.25. The number of carbonyl (C=O) groups excluding carboxylic acids is 2. The van der Waals surface area contributed by atoms with Crippen LogP contribution >= 0.6 is 0 Å². The molecule has 1 aliphatic heterocycles. The van der Waals surface area contributed by atoms with Crippen molar-refractivity contribution in [2.75, 3.05) is 13.6 Å². The van der Waals surface area contributed by atoms with Crippen LogP contribution in [0.15, 0.2) is 30.3 Å². The smallest absolute Gasteiger partial charge is 0.272 e. The second kappa shape index (κ2) is 7.52. The molecule has 7 nitrogen and oxygen atoms in total. The van der Waals surface area contributed by atoms with Crippen LogP contribution in [0.1, 0.15) is 37.0 Å². The Labute approximate surface area is 159 Å². The Kier molecular flexibility index (Phi) is 5.32. The summed E-state index contributed by atoms with van der Waals surface area (Å²) in [5.74, 6) is 0.239. The monoisotopic (exact) mass is 369 g/mol. The second-order valence-electron chi connectivity index (χ2n) is 7.81. The van der Waals surface area contributed by atoms with Crippen molar-refractivity contribution in [3.8, 4) is 11.4 Å². The SMILES string of the molecule is CNC(=O)C(NC(=O)c1nc(-c2ccccc2)n2c1CNCC2)C(C)(C)C. The zero-order valence-electron chi connectivity index (χ0n) is 16.3. The summed E-state index contributed by atoms with van der Waals surface area (Å²) in [6, 6.07) is 9.20. The Balaban J connectivity index is 1.98. The lowest BCUT2D eigenvalue weighted by atomic mass is 9.86. The van der Waals surface area contributed by atoms with Crippen molar-refractivity contribution in [1.82, 2.24) is 25.5 Å². The van der Waals surface area contributed by atoms with E-state index in [1.54, 1.807) is 7.05 Å². The Morgan fingerprint density at radius 1 is 1.22 bits per heavy atom. The molecular weight excluding hydrogens is 342 g/mol. The van der Waals surface area contributed by atoms with Crippen LogP contribution in [0, 0.1) is 5.41 Å². The number of nitrogens with zero attached hydrogens (tertiary/aromatic N) is 2. The Hall–Kier alpha value is -2.67. The van der Waals surface area contributed by atoms with Crippen LogP contribution in [-0.2, 0) is 17.9 Å². The Bertz CT molecular complexity index is 836. The van der Waals surface area contributed by atoms with Crippen molar-refractivity contribution in [3.63, 3.8) is 0 Å². The number of aromatic nitrogens is 2. The molecule has 0 radical (unpaired) electrons. The van der Waals surface area contributed by atoms with Gasteiger partial charge in [0.15, 0.2) is 5.69 Å². The fourth-order valence-corrected chi connectivity index (χ4v) is 3.31. The third kappa shape index (κ3) is 3.88. The van der Waals surface area contributed by atoms with Crippen molar-refractivity contribution < 1.29 is 9.59 Å². The summed E-state index contributed by atoms with van der Waals surface area (Å²) in [5.41, 5.74) is 1.77. The fraction of sp³-hybridized carbons (Fsp3) is 0.450. The summed E-state index contributed by atoms with van der Waals surface area (Å²) in [5, 5.41) is 8.81. The molecule has 1 atom stereocenters. The van der Waals surface area contributed by atoms with Gasteiger partial charge in [-0.1, -0.05) is 51.1 Å². The molecule has 1 aromatic heterocycles. The summed E-state index contributed by atoms with van der Waals surface area (Å²) in [4.78, 5) is 30.0.